The molecule has 0 amide bonds. The summed E-state index contributed by atoms with van der Waals surface area (Å²) in [6.07, 6.45) is 9.07. The summed E-state index contributed by atoms with van der Waals surface area (Å²) in [7, 11) is 4.14. The molecular formula is C12H21N3S. The number of imidazole rings is 1. The summed E-state index contributed by atoms with van der Waals surface area (Å²) in [6.45, 7) is 0. The first-order valence-corrected chi connectivity index (χ1v) is 7.11. The van der Waals surface area contributed by atoms with Gasteiger partial charge in [0.05, 0.1) is 0 Å². The SMILES string of the molecule is CNC(Cc1nccn1C)C1CCCCS1. The van der Waals surface area contributed by atoms with E-state index in [9.17, 15) is 0 Å². The van der Waals surface area contributed by atoms with Crippen LogP contribution in [0.2, 0.25) is 0 Å². The number of aryl methyl sites for hydroxylation is 1. The van der Waals surface area contributed by atoms with Gasteiger partial charge in [0, 0.05) is 37.2 Å². The Morgan fingerprint density at radius 2 is 2.50 bits per heavy atom. The van der Waals surface area contributed by atoms with Crippen molar-refractivity contribution in [3.63, 3.8) is 0 Å². The maximum atomic E-state index is 4.41. The van der Waals surface area contributed by atoms with Crippen LogP contribution in [0.25, 0.3) is 0 Å². The molecule has 90 valence electrons. The maximum Gasteiger partial charge on any atom is 0.109 e. The first-order chi connectivity index (χ1) is 7.81. The molecule has 1 fully saturated rings. The average Bonchev–Trinajstić information content (AvgIpc) is 2.73. The first-order valence-electron chi connectivity index (χ1n) is 6.06. The van der Waals surface area contributed by atoms with Crippen molar-refractivity contribution in [3.8, 4) is 0 Å². The highest BCUT2D eigenvalue weighted by molar-refractivity contribution is 8.00. The lowest BCUT2D eigenvalue weighted by molar-refractivity contribution is 0.481. The third kappa shape index (κ3) is 2.80. The summed E-state index contributed by atoms with van der Waals surface area (Å²) in [5, 5.41) is 4.22. The maximum absolute atomic E-state index is 4.41. The molecule has 2 rings (SSSR count). The number of likely N-dealkylation sites (N-methyl/N-ethyl adjacent to an activating group) is 1. The van der Waals surface area contributed by atoms with E-state index in [2.05, 4.69) is 40.7 Å². The van der Waals surface area contributed by atoms with Crippen LogP contribution in [0.4, 0.5) is 0 Å². The Morgan fingerprint density at radius 3 is 3.06 bits per heavy atom. The summed E-state index contributed by atoms with van der Waals surface area (Å²) >= 11 is 2.12. The van der Waals surface area contributed by atoms with Crippen LogP contribution in [0, 0.1) is 0 Å². The van der Waals surface area contributed by atoms with Gasteiger partial charge in [-0.3, -0.25) is 0 Å². The molecule has 1 aliphatic heterocycles. The van der Waals surface area contributed by atoms with E-state index in [1.54, 1.807) is 0 Å². The van der Waals surface area contributed by atoms with E-state index in [1.807, 2.05) is 12.4 Å². The molecule has 3 nitrogen and oxygen atoms in total. The van der Waals surface area contributed by atoms with Gasteiger partial charge in [0.15, 0.2) is 0 Å². The third-order valence-electron chi connectivity index (χ3n) is 3.36. The standard InChI is InChI=1S/C12H21N3S/c1-13-10(11-5-3-4-8-16-11)9-12-14-6-7-15(12)2/h6-7,10-11,13H,3-5,8-9H2,1-2H3. The molecule has 1 aromatic rings. The van der Waals surface area contributed by atoms with Gasteiger partial charge in [-0.1, -0.05) is 6.42 Å². The summed E-state index contributed by atoms with van der Waals surface area (Å²) in [5.41, 5.74) is 0. The second kappa shape index (κ2) is 5.73. The van der Waals surface area contributed by atoms with Gasteiger partial charge in [0.2, 0.25) is 0 Å². The van der Waals surface area contributed by atoms with E-state index in [-0.39, 0.29) is 0 Å². The minimum Gasteiger partial charge on any atom is -0.338 e. The van der Waals surface area contributed by atoms with Crippen molar-refractivity contribution in [1.29, 1.82) is 0 Å². The predicted molar refractivity (Wildman–Crippen MR) is 69.9 cm³/mol. The van der Waals surface area contributed by atoms with Crippen molar-refractivity contribution < 1.29 is 0 Å². The molecule has 1 saturated heterocycles. The third-order valence-corrected chi connectivity index (χ3v) is 4.87. The highest BCUT2D eigenvalue weighted by Crippen LogP contribution is 2.28. The van der Waals surface area contributed by atoms with Crippen LogP contribution >= 0.6 is 11.8 Å². The second-order valence-corrected chi connectivity index (χ2v) is 5.81. The highest BCUT2D eigenvalue weighted by atomic mass is 32.2. The van der Waals surface area contributed by atoms with Crippen LogP contribution in [0.15, 0.2) is 12.4 Å². The Kier molecular flexibility index (Phi) is 4.29. The Balaban J connectivity index is 1.97. The summed E-state index contributed by atoms with van der Waals surface area (Å²) in [4.78, 5) is 4.41. The van der Waals surface area contributed by atoms with Crippen molar-refractivity contribution in [2.45, 2.75) is 37.0 Å². The monoisotopic (exact) mass is 239 g/mol. The average molecular weight is 239 g/mol. The van der Waals surface area contributed by atoms with E-state index >= 15 is 0 Å². The summed E-state index contributed by atoms with van der Waals surface area (Å²) in [6, 6.07) is 0.561. The lowest BCUT2D eigenvalue weighted by Gasteiger charge is -2.29. The van der Waals surface area contributed by atoms with Gasteiger partial charge in [0.25, 0.3) is 0 Å². The van der Waals surface area contributed by atoms with Gasteiger partial charge < -0.3 is 9.88 Å². The summed E-state index contributed by atoms with van der Waals surface area (Å²) in [5.74, 6) is 2.51. The van der Waals surface area contributed by atoms with E-state index in [1.165, 1.54) is 30.8 Å². The van der Waals surface area contributed by atoms with E-state index in [0.717, 1.165) is 11.7 Å². The van der Waals surface area contributed by atoms with Gasteiger partial charge in [-0.05, 0) is 25.6 Å². The van der Waals surface area contributed by atoms with Gasteiger partial charge in [-0.15, -0.1) is 0 Å². The van der Waals surface area contributed by atoms with Crippen molar-refractivity contribution in [2.75, 3.05) is 12.8 Å². The topological polar surface area (TPSA) is 29.9 Å². The Bertz CT molecular complexity index is 318. The predicted octanol–water partition coefficient (Wildman–Crippen LogP) is 1.84. The van der Waals surface area contributed by atoms with Crippen molar-refractivity contribution in [1.82, 2.24) is 14.9 Å². The molecule has 0 aromatic carbocycles. The van der Waals surface area contributed by atoms with Crippen LogP contribution in [-0.4, -0.2) is 33.6 Å². The van der Waals surface area contributed by atoms with Gasteiger partial charge >= 0.3 is 0 Å². The molecule has 0 radical (unpaired) electrons. The highest BCUT2D eigenvalue weighted by Gasteiger charge is 2.24. The molecule has 1 aromatic heterocycles. The second-order valence-electron chi connectivity index (χ2n) is 4.46. The molecule has 1 N–H and O–H groups in total. The normalized spacial score (nSPS) is 23.2. The first kappa shape index (κ1) is 12.0. The van der Waals surface area contributed by atoms with E-state index in [0.29, 0.717) is 6.04 Å². The fourth-order valence-electron chi connectivity index (χ4n) is 2.29. The number of thioether (sulfide) groups is 1. The number of hydrogen-bond acceptors (Lipinski definition) is 3. The number of aromatic nitrogens is 2. The number of rotatable bonds is 4. The molecule has 0 aliphatic carbocycles. The minimum atomic E-state index is 0.561. The number of nitrogens with one attached hydrogen (secondary N) is 1. The molecule has 16 heavy (non-hydrogen) atoms. The molecule has 4 heteroatoms. The van der Waals surface area contributed by atoms with Gasteiger partial charge in [0.1, 0.15) is 5.82 Å². The summed E-state index contributed by atoms with van der Waals surface area (Å²) < 4.78 is 2.12. The zero-order chi connectivity index (χ0) is 11.4. The van der Waals surface area contributed by atoms with E-state index < -0.39 is 0 Å². The van der Waals surface area contributed by atoms with Crippen LogP contribution in [0.3, 0.4) is 0 Å². The fourth-order valence-corrected chi connectivity index (χ4v) is 3.76. The quantitative estimate of drug-likeness (QED) is 0.869. The molecule has 2 heterocycles. The molecule has 2 atom stereocenters. The minimum absolute atomic E-state index is 0.561. The largest absolute Gasteiger partial charge is 0.338 e. The molecule has 0 bridgehead atoms. The van der Waals surface area contributed by atoms with Crippen LogP contribution in [0.5, 0.6) is 0 Å². The van der Waals surface area contributed by atoms with Crippen molar-refractivity contribution in [3.05, 3.63) is 18.2 Å². The lowest BCUT2D eigenvalue weighted by atomic mass is 10.0. The smallest absolute Gasteiger partial charge is 0.109 e. The Labute approximate surface area is 102 Å². The fraction of sp³-hybridized carbons (Fsp3) is 0.750. The van der Waals surface area contributed by atoms with Crippen LogP contribution < -0.4 is 5.32 Å². The molecule has 1 aliphatic rings. The molecule has 2 unspecified atom stereocenters. The zero-order valence-electron chi connectivity index (χ0n) is 10.1. The lowest BCUT2D eigenvalue weighted by Crippen LogP contribution is -2.39. The molecule has 0 spiro atoms. The Hall–Kier alpha value is -0.480. The molecule has 0 saturated carbocycles. The number of nitrogens with zero attached hydrogens (tertiary/aromatic N) is 2. The van der Waals surface area contributed by atoms with Crippen molar-refractivity contribution in [2.24, 2.45) is 7.05 Å². The molecular weight excluding hydrogens is 218 g/mol. The van der Waals surface area contributed by atoms with Gasteiger partial charge in [-0.2, -0.15) is 11.8 Å². The Morgan fingerprint density at radius 1 is 1.62 bits per heavy atom. The van der Waals surface area contributed by atoms with Gasteiger partial charge in [-0.25, -0.2) is 4.98 Å². The van der Waals surface area contributed by atoms with Crippen LogP contribution in [-0.2, 0) is 13.5 Å². The zero-order valence-corrected chi connectivity index (χ0v) is 11.0. The van der Waals surface area contributed by atoms with Crippen molar-refractivity contribution >= 4 is 11.8 Å². The number of hydrogen-bond donors (Lipinski definition) is 1. The van der Waals surface area contributed by atoms with E-state index in [4.69, 9.17) is 0 Å². The van der Waals surface area contributed by atoms with Crippen LogP contribution in [0.1, 0.15) is 25.1 Å².